The molecule has 7 heteroatoms. The fraction of sp³-hybridized carbons (Fsp3) is 0.158. The Labute approximate surface area is 153 Å². The Balaban J connectivity index is 1.51. The molecule has 2 aromatic heterocycles. The number of benzene rings is 1. The van der Waals surface area contributed by atoms with Crippen LogP contribution in [-0.2, 0) is 0 Å². The van der Waals surface area contributed by atoms with Gasteiger partial charge in [-0.15, -0.1) is 11.3 Å². The summed E-state index contributed by atoms with van der Waals surface area (Å²) in [5, 5.41) is 7.81. The number of carbonyl (C=O) groups excluding carboxylic acids is 2. The zero-order chi connectivity index (χ0) is 18.1. The Morgan fingerprint density at radius 3 is 2.58 bits per heavy atom. The molecular formula is C19H16FN3O2S. The Bertz CT molecular complexity index is 961. The molecule has 5 nitrogen and oxygen atoms in total. The number of amides is 2. The molecule has 2 amide bonds. The van der Waals surface area contributed by atoms with Crippen LogP contribution in [0.25, 0.3) is 5.69 Å². The number of carbonyl (C=O) groups is 2. The van der Waals surface area contributed by atoms with Crippen LogP contribution in [0, 0.1) is 5.82 Å². The predicted molar refractivity (Wildman–Crippen MR) is 98.5 cm³/mol. The summed E-state index contributed by atoms with van der Waals surface area (Å²) in [6.07, 6.45) is 5.44. The van der Waals surface area contributed by atoms with Gasteiger partial charge >= 0.3 is 0 Å². The molecule has 26 heavy (non-hydrogen) atoms. The van der Waals surface area contributed by atoms with Crippen molar-refractivity contribution < 1.29 is 14.0 Å². The van der Waals surface area contributed by atoms with Crippen LogP contribution >= 0.6 is 11.3 Å². The van der Waals surface area contributed by atoms with Gasteiger partial charge in [0.25, 0.3) is 11.8 Å². The van der Waals surface area contributed by atoms with E-state index in [1.165, 1.54) is 17.4 Å². The third-order valence-corrected chi connectivity index (χ3v) is 4.97. The minimum atomic E-state index is -0.494. The number of rotatable bonds is 5. The van der Waals surface area contributed by atoms with Gasteiger partial charge in [-0.25, -0.2) is 4.39 Å². The number of nitrogens with one attached hydrogen (secondary N) is 2. The molecule has 0 radical (unpaired) electrons. The van der Waals surface area contributed by atoms with Gasteiger partial charge in [0.2, 0.25) is 0 Å². The predicted octanol–water partition coefficient (Wildman–Crippen LogP) is 3.82. The number of aromatic nitrogens is 1. The molecule has 0 aliphatic heterocycles. The van der Waals surface area contributed by atoms with Crippen molar-refractivity contribution >= 4 is 28.2 Å². The zero-order valence-corrected chi connectivity index (χ0v) is 14.6. The number of hydrogen-bond donors (Lipinski definition) is 2. The van der Waals surface area contributed by atoms with E-state index >= 15 is 0 Å². The molecule has 132 valence electrons. The van der Waals surface area contributed by atoms with E-state index in [-0.39, 0.29) is 17.5 Å². The van der Waals surface area contributed by atoms with Crippen molar-refractivity contribution in [1.82, 2.24) is 9.88 Å². The highest BCUT2D eigenvalue weighted by Gasteiger charge is 2.25. The highest BCUT2D eigenvalue weighted by atomic mass is 32.1. The lowest BCUT2D eigenvalue weighted by Crippen LogP contribution is -2.26. The summed E-state index contributed by atoms with van der Waals surface area (Å²) in [4.78, 5) is 24.7. The van der Waals surface area contributed by atoms with Crippen LogP contribution in [-0.4, -0.2) is 22.4 Å². The smallest absolute Gasteiger partial charge is 0.256 e. The van der Waals surface area contributed by atoms with Crippen LogP contribution in [0.15, 0.2) is 54.2 Å². The second kappa shape index (κ2) is 6.76. The maximum atomic E-state index is 14.3. The molecule has 1 aliphatic carbocycles. The first-order valence-corrected chi connectivity index (χ1v) is 9.12. The molecule has 1 saturated carbocycles. The minimum absolute atomic E-state index is 0.195. The molecule has 3 aromatic rings. The van der Waals surface area contributed by atoms with Crippen molar-refractivity contribution in [3.8, 4) is 5.69 Å². The van der Waals surface area contributed by atoms with Crippen molar-refractivity contribution in [2.24, 2.45) is 0 Å². The maximum Gasteiger partial charge on any atom is 0.256 e. The van der Waals surface area contributed by atoms with Gasteiger partial charge in [-0.2, -0.15) is 0 Å². The Morgan fingerprint density at radius 2 is 1.88 bits per heavy atom. The monoisotopic (exact) mass is 369 g/mol. The molecule has 1 aliphatic rings. The van der Waals surface area contributed by atoms with Crippen molar-refractivity contribution in [1.29, 1.82) is 0 Å². The standard InChI is InChI=1S/C19H16FN3O2S/c20-15-11-12(3-6-16(15)23-8-1-2-9-23)17(24)22-19-14(7-10-26-19)18(25)21-13-4-5-13/h1-3,6-11,13H,4-5H2,(H,21,25)(H,22,24). The normalized spacial score (nSPS) is 13.4. The number of nitrogens with zero attached hydrogens (tertiary/aromatic N) is 1. The summed E-state index contributed by atoms with van der Waals surface area (Å²) in [5.74, 6) is -1.14. The third-order valence-electron chi connectivity index (χ3n) is 4.14. The first kappa shape index (κ1) is 16.5. The topological polar surface area (TPSA) is 63.1 Å². The summed E-state index contributed by atoms with van der Waals surface area (Å²) >= 11 is 1.26. The van der Waals surface area contributed by atoms with Crippen molar-refractivity contribution in [3.63, 3.8) is 0 Å². The van der Waals surface area contributed by atoms with Crippen molar-refractivity contribution in [3.05, 3.63) is 71.1 Å². The summed E-state index contributed by atoms with van der Waals surface area (Å²) in [7, 11) is 0. The van der Waals surface area contributed by atoms with E-state index in [0.29, 0.717) is 16.3 Å². The summed E-state index contributed by atoms with van der Waals surface area (Å²) in [6, 6.07) is 9.82. The summed E-state index contributed by atoms with van der Waals surface area (Å²) in [5.41, 5.74) is 0.993. The lowest BCUT2D eigenvalue weighted by Gasteiger charge is -2.09. The molecule has 1 aromatic carbocycles. The summed E-state index contributed by atoms with van der Waals surface area (Å²) in [6.45, 7) is 0. The van der Waals surface area contributed by atoms with Crippen LogP contribution < -0.4 is 10.6 Å². The first-order chi connectivity index (χ1) is 12.6. The van der Waals surface area contributed by atoms with E-state index in [4.69, 9.17) is 0 Å². The number of thiophene rings is 1. The number of halogens is 1. The fourth-order valence-electron chi connectivity index (χ4n) is 2.60. The third kappa shape index (κ3) is 3.39. The lowest BCUT2D eigenvalue weighted by atomic mass is 10.1. The Kier molecular flexibility index (Phi) is 4.30. The van der Waals surface area contributed by atoms with Gasteiger partial charge in [0.1, 0.15) is 10.8 Å². The van der Waals surface area contributed by atoms with Gasteiger partial charge < -0.3 is 15.2 Å². The average Bonchev–Trinajstić information content (AvgIpc) is 3.10. The molecule has 2 heterocycles. The number of hydrogen-bond acceptors (Lipinski definition) is 3. The molecule has 4 rings (SSSR count). The van der Waals surface area contributed by atoms with Gasteiger partial charge in [-0.1, -0.05) is 0 Å². The maximum absolute atomic E-state index is 14.3. The van der Waals surface area contributed by atoms with Crippen LogP contribution in [0.5, 0.6) is 0 Å². The van der Waals surface area contributed by atoms with Gasteiger partial charge in [-0.05, 0) is 54.6 Å². The highest BCUT2D eigenvalue weighted by molar-refractivity contribution is 7.14. The second-order valence-electron chi connectivity index (χ2n) is 6.12. The molecule has 0 unspecified atom stereocenters. The zero-order valence-electron chi connectivity index (χ0n) is 13.7. The average molecular weight is 369 g/mol. The Hall–Kier alpha value is -2.93. The molecule has 1 fully saturated rings. The molecule has 0 atom stereocenters. The number of anilines is 1. The van der Waals surface area contributed by atoms with Gasteiger partial charge in [-0.3, -0.25) is 9.59 Å². The molecular weight excluding hydrogens is 353 g/mol. The van der Waals surface area contributed by atoms with Crippen LogP contribution in [0.1, 0.15) is 33.6 Å². The lowest BCUT2D eigenvalue weighted by molar-refractivity contribution is 0.0952. The molecule has 0 saturated heterocycles. The van der Waals surface area contributed by atoms with E-state index in [1.807, 2.05) is 0 Å². The van der Waals surface area contributed by atoms with E-state index in [9.17, 15) is 14.0 Å². The minimum Gasteiger partial charge on any atom is -0.349 e. The van der Waals surface area contributed by atoms with Crippen molar-refractivity contribution in [2.75, 3.05) is 5.32 Å². The first-order valence-electron chi connectivity index (χ1n) is 8.24. The van der Waals surface area contributed by atoms with Crippen molar-refractivity contribution in [2.45, 2.75) is 18.9 Å². The van der Waals surface area contributed by atoms with Gasteiger partial charge in [0.15, 0.2) is 0 Å². The highest BCUT2D eigenvalue weighted by Crippen LogP contribution is 2.26. The Morgan fingerprint density at radius 1 is 1.12 bits per heavy atom. The SMILES string of the molecule is O=C(Nc1sccc1C(=O)NC1CC1)c1ccc(-n2cccc2)c(F)c1. The second-order valence-corrected chi connectivity index (χ2v) is 7.04. The molecule has 0 bridgehead atoms. The van der Waals surface area contributed by atoms with Crippen LogP contribution in [0.3, 0.4) is 0 Å². The largest absolute Gasteiger partial charge is 0.349 e. The van der Waals surface area contributed by atoms with Gasteiger partial charge in [0.05, 0.1) is 11.3 Å². The van der Waals surface area contributed by atoms with E-state index < -0.39 is 11.7 Å². The van der Waals surface area contributed by atoms with Crippen LogP contribution in [0.2, 0.25) is 0 Å². The van der Waals surface area contributed by atoms with E-state index in [2.05, 4.69) is 10.6 Å². The van der Waals surface area contributed by atoms with E-state index in [0.717, 1.165) is 12.8 Å². The van der Waals surface area contributed by atoms with E-state index in [1.54, 1.807) is 52.7 Å². The molecule has 0 spiro atoms. The molecule has 2 N–H and O–H groups in total. The quantitative estimate of drug-likeness (QED) is 0.718. The van der Waals surface area contributed by atoms with Gasteiger partial charge in [0, 0.05) is 24.0 Å². The summed E-state index contributed by atoms with van der Waals surface area (Å²) < 4.78 is 16.0. The fourth-order valence-corrected chi connectivity index (χ4v) is 3.38. The van der Waals surface area contributed by atoms with Crippen LogP contribution in [0.4, 0.5) is 9.39 Å².